The van der Waals surface area contributed by atoms with Crippen molar-refractivity contribution >= 4 is 38.9 Å². The minimum absolute atomic E-state index is 0.0174. The van der Waals surface area contributed by atoms with Crippen molar-refractivity contribution in [3.63, 3.8) is 0 Å². The zero-order chi connectivity index (χ0) is 23.4. The van der Waals surface area contributed by atoms with E-state index in [9.17, 15) is 12.8 Å². The standard InChI is InChI=1S/C24H22FN5O2S/c1-16-3-7-20(8-4-16)28-24-26-17(2)15-23(29-24)27-19-9-11-21(12-10-19)30-33(31,32)22-13-5-18(25)6-14-22/h3-15,30H,1-2H3,(H2,26,27,28,29). The van der Waals surface area contributed by atoms with E-state index in [0.717, 1.165) is 34.8 Å². The molecule has 1 heterocycles. The second-order valence-electron chi connectivity index (χ2n) is 7.47. The highest BCUT2D eigenvalue weighted by atomic mass is 32.2. The molecule has 0 fully saturated rings. The first-order valence-corrected chi connectivity index (χ1v) is 11.6. The first-order chi connectivity index (χ1) is 15.8. The summed E-state index contributed by atoms with van der Waals surface area (Å²) in [6, 6.07) is 21.1. The number of hydrogen-bond acceptors (Lipinski definition) is 6. The average Bonchev–Trinajstić information content (AvgIpc) is 2.76. The molecule has 0 radical (unpaired) electrons. The first-order valence-electron chi connectivity index (χ1n) is 10.1. The number of aryl methyl sites for hydroxylation is 2. The van der Waals surface area contributed by atoms with Crippen LogP contribution >= 0.6 is 0 Å². The van der Waals surface area contributed by atoms with Crippen molar-refractivity contribution in [2.24, 2.45) is 0 Å². The molecule has 0 atom stereocenters. The van der Waals surface area contributed by atoms with Gasteiger partial charge in [0.1, 0.15) is 11.6 Å². The van der Waals surface area contributed by atoms with E-state index in [1.165, 1.54) is 12.1 Å². The van der Waals surface area contributed by atoms with E-state index in [2.05, 4.69) is 25.3 Å². The number of sulfonamides is 1. The summed E-state index contributed by atoms with van der Waals surface area (Å²) in [5.74, 6) is 0.559. The largest absolute Gasteiger partial charge is 0.340 e. The number of hydrogen-bond donors (Lipinski definition) is 3. The monoisotopic (exact) mass is 463 g/mol. The molecule has 9 heteroatoms. The van der Waals surface area contributed by atoms with Crippen molar-refractivity contribution < 1.29 is 12.8 Å². The molecule has 3 aromatic carbocycles. The quantitative estimate of drug-likeness (QED) is 0.334. The van der Waals surface area contributed by atoms with Crippen LogP contribution in [0.3, 0.4) is 0 Å². The minimum Gasteiger partial charge on any atom is -0.340 e. The molecule has 0 aliphatic rings. The number of nitrogens with zero attached hydrogens (tertiary/aromatic N) is 2. The van der Waals surface area contributed by atoms with E-state index in [1.54, 1.807) is 24.3 Å². The highest BCUT2D eigenvalue weighted by molar-refractivity contribution is 7.92. The molecule has 0 amide bonds. The van der Waals surface area contributed by atoms with Crippen LogP contribution in [0.4, 0.5) is 33.2 Å². The molecule has 4 rings (SSSR count). The van der Waals surface area contributed by atoms with Gasteiger partial charge < -0.3 is 10.6 Å². The lowest BCUT2D eigenvalue weighted by Crippen LogP contribution is -2.12. The average molecular weight is 464 g/mol. The molecule has 3 N–H and O–H groups in total. The fourth-order valence-corrected chi connectivity index (χ4v) is 4.11. The molecule has 0 aliphatic carbocycles. The van der Waals surface area contributed by atoms with Gasteiger partial charge in [-0.15, -0.1) is 0 Å². The van der Waals surface area contributed by atoms with Crippen LogP contribution in [-0.2, 0) is 10.0 Å². The summed E-state index contributed by atoms with van der Waals surface area (Å²) in [6.45, 7) is 3.90. The van der Waals surface area contributed by atoms with Gasteiger partial charge in [-0.25, -0.2) is 17.8 Å². The lowest BCUT2D eigenvalue weighted by Gasteiger charge is -2.12. The van der Waals surface area contributed by atoms with Crippen LogP contribution in [0.2, 0.25) is 0 Å². The van der Waals surface area contributed by atoms with Crippen molar-refractivity contribution in [1.29, 1.82) is 0 Å². The van der Waals surface area contributed by atoms with E-state index >= 15 is 0 Å². The molecule has 1 aromatic heterocycles. The molecule has 0 spiro atoms. The number of anilines is 5. The van der Waals surface area contributed by atoms with Gasteiger partial charge in [-0.05, 0) is 74.5 Å². The van der Waals surface area contributed by atoms with Crippen LogP contribution in [0.1, 0.15) is 11.3 Å². The van der Waals surface area contributed by atoms with Crippen molar-refractivity contribution in [2.45, 2.75) is 18.7 Å². The Morgan fingerprint density at radius 3 is 1.97 bits per heavy atom. The number of halogens is 1. The smallest absolute Gasteiger partial charge is 0.261 e. The molecule has 0 unspecified atom stereocenters. The minimum atomic E-state index is -3.81. The zero-order valence-electron chi connectivity index (χ0n) is 18.0. The van der Waals surface area contributed by atoms with Gasteiger partial charge in [0, 0.05) is 28.8 Å². The third-order valence-electron chi connectivity index (χ3n) is 4.70. The van der Waals surface area contributed by atoms with E-state index < -0.39 is 15.8 Å². The fourth-order valence-electron chi connectivity index (χ4n) is 3.05. The summed E-state index contributed by atoms with van der Waals surface area (Å²) in [7, 11) is -3.81. The van der Waals surface area contributed by atoms with Gasteiger partial charge in [-0.2, -0.15) is 4.98 Å². The number of nitrogens with one attached hydrogen (secondary N) is 3. The van der Waals surface area contributed by atoms with E-state index in [0.29, 0.717) is 17.5 Å². The topological polar surface area (TPSA) is 96.0 Å². The third kappa shape index (κ3) is 5.83. The molecule has 0 aliphatic heterocycles. The molecule has 4 aromatic rings. The van der Waals surface area contributed by atoms with Crippen molar-refractivity contribution in [3.8, 4) is 0 Å². The summed E-state index contributed by atoms with van der Waals surface area (Å²) in [6.07, 6.45) is 0. The third-order valence-corrected chi connectivity index (χ3v) is 6.09. The number of rotatable bonds is 7. The Morgan fingerprint density at radius 2 is 1.30 bits per heavy atom. The summed E-state index contributed by atoms with van der Waals surface area (Å²) >= 11 is 0. The van der Waals surface area contributed by atoms with Crippen molar-refractivity contribution in [3.05, 3.63) is 95.9 Å². The Morgan fingerprint density at radius 1 is 0.727 bits per heavy atom. The summed E-state index contributed by atoms with van der Waals surface area (Å²) in [5, 5.41) is 6.39. The van der Waals surface area contributed by atoms with E-state index in [4.69, 9.17) is 0 Å². The molecule has 33 heavy (non-hydrogen) atoms. The molecule has 0 saturated carbocycles. The second kappa shape index (κ2) is 9.25. The van der Waals surface area contributed by atoms with Gasteiger partial charge in [0.2, 0.25) is 5.95 Å². The second-order valence-corrected chi connectivity index (χ2v) is 9.15. The number of benzene rings is 3. The molecule has 0 saturated heterocycles. The van der Waals surface area contributed by atoms with Gasteiger partial charge in [-0.1, -0.05) is 17.7 Å². The van der Waals surface area contributed by atoms with Crippen LogP contribution in [0.25, 0.3) is 0 Å². The van der Waals surface area contributed by atoms with Crippen LogP contribution in [-0.4, -0.2) is 18.4 Å². The lowest BCUT2D eigenvalue weighted by atomic mass is 10.2. The van der Waals surface area contributed by atoms with Crippen LogP contribution in [0.5, 0.6) is 0 Å². The Kier molecular flexibility index (Phi) is 6.23. The summed E-state index contributed by atoms with van der Waals surface area (Å²) < 4.78 is 40.5. The first kappa shape index (κ1) is 22.2. The zero-order valence-corrected chi connectivity index (χ0v) is 18.8. The fraction of sp³-hybridized carbons (Fsp3) is 0.0833. The number of aromatic nitrogens is 2. The van der Waals surface area contributed by atoms with Gasteiger partial charge in [0.25, 0.3) is 10.0 Å². The Labute approximate surface area is 191 Å². The van der Waals surface area contributed by atoms with Crippen LogP contribution < -0.4 is 15.4 Å². The van der Waals surface area contributed by atoms with Gasteiger partial charge in [-0.3, -0.25) is 4.72 Å². The Bertz CT molecular complexity index is 1360. The predicted molar refractivity (Wildman–Crippen MR) is 128 cm³/mol. The Balaban J connectivity index is 1.46. The summed E-state index contributed by atoms with van der Waals surface area (Å²) in [5.41, 5.74) is 3.93. The van der Waals surface area contributed by atoms with Crippen LogP contribution in [0, 0.1) is 19.7 Å². The highest BCUT2D eigenvalue weighted by Crippen LogP contribution is 2.22. The molecule has 0 bridgehead atoms. The van der Waals surface area contributed by atoms with Gasteiger partial charge >= 0.3 is 0 Å². The highest BCUT2D eigenvalue weighted by Gasteiger charge is 2.14. The molecule has 7 nitrogen and oxygen atoms in total. The molecular weight excluding hydrogens is 441 g/mol. The van der Waals surface area contributed by atoms with Gasteiger partial charge in [0.05, 0.1) is 4.90 Å². The van der Waals surface area contributed by atoms with Crippen molar-refractivity contribution in [1.82, 2.24) is 9.97 Å². The SMILES string of the molecule is Cc1ccc(Nc2nc(C)cc(Nc3ccc(NS(=O)(=O)c4ccc(F)cc4)cc3)n2)cc1. The molecule has 168 valence electrons. The normalized spacial score (nSPS) is 11.1. The lowest BCUT2D eigenvalue weighted by molar-refractivity contribution is 0.599. The molecular formula is C24H22FN5O2S. The van der Waals surface area contributed by atoms with E-state index in [-0.39, 0.29) is 4.90 Å². The van der Waals surface area contributed by atoms with Crippen molar-refractivity contribution in [2.75, 3.05) is 15.4 Å². The maximum absolute atomic E-state index is 13.1. The van der Waals surface area contributed by atoms with Crippen LogP contribution in [0.15, 0.2) is 83.8 Å². The van der Waals surface area contributed by atoms with E-state index in [1.807, 2.05) is 44.2 Å². The maximum atomic E-state index is 13.1. The Hall–Kier alpha value is -3.98. The maximum Gasteiger partial charge on any atom is 0.261 e. The summed E-state index contributed by atoms with van der Waals surface area (Å²) in [4.78, 5) is 8.90. The predicted octanol–water partition coefficient (Wildman–Crippen LogP) is 5.52. The van der Waals surface area contributed by atoms with Gasteiger partial charge in [0.15, 0.2) is 0 Å².